The molecule has 0 aliphatic heterocycles. The Bertz CT molecular complexity index is 321. The van der Waals surface area contributed by atoms with Gasteiger partial charge in [0.2, 0.25) is 0 Å². The number of carbonyl (C=O) groups excluding carboxylic acids is 2. The summed E-state index contributed by atoms with van der Waals surface area (Å²) in [5.74, 6) is -2.79. The van der Waals surface area contributed by atoms with Gasteiger partial charge in [0, 0.05) is 11.9 Å². The van der Waals surface area contributed by atoms with Crippen molar-refractivity contribution in [3.63, 3.8) is 0 Å². The molecule has 4 heteroatoms. The minimum Gasteiger partial charge on any atom is -0.550 e. The van der Waals surface area contributed by atoms with E-state index in [1.807, 2.05) is 12.2 Å². The van der Waals surface area contributed by atoms with E-state index in [4.69, 9.17) is 4.74 Å². The van der Waals surface area contributed by atoms with Crippen LogP contribution in [0.2, 0.25) is 0 Å². The van der Waals surface area contributed by atoms with Crippen molar-refractivity contribution in [3.05, 3.63) is 12.2 Å². The Hall–Kier alpha value is -1.32. The Morgan fingerprint density at radius 1 is 1.33 bits per heavy atom. The zero-order valence-corrected chi connectivity index (χ0v) is 8.51. The number of allylic oxidation sites excluding steroid dienone is 2. The average Bonchev–Trinajstić information content (AvgIpc) is 2.76. The summed E-state index contributed by atoms with van der Waals surface area (Å²) in [7, 11) is 0. The maximum Gasteiger partial charge on any atom is 0.310 e. The van der Waals surface area contributed by atoms with Crippen LogP contribution >= 0.6 is 0 Å². The van der Waals surface area contributed by atoms with Crippen molar-refractivity contribution in [2.45, 2.75) is 13.3 Å². The Labute approximate surface area is 87.9 Å². The molecule has 0 spiro atoms. The largest absolute Gasteiger partial charge is 0.550 e. The second kappa shape index (κ2) is 3.68. The van der Waals surface area contributed by atoms with Crippen LogP contribution in [-0.4, -0.2) is 18.5 Å². The fourth-order valence-electron chi connectivity index (χ4n) is 2.70. The highest BCUT2D eigenvalue weighted by molar-refractivity contribution is 5.82. The molecule has 0 N–H and O–H groups in total. The monoisotopic (exact) mass is 209 g/mol. The van der Waals surface area contributed by atoms with Crippen molar-refractivity contribution in [3.8, 4) is 0 Å². The Balaban J connectivity index is 2.19. The molecule has 1 saturated carbocycles. The number of fused-ring (bicyclic) bond motifs is 2. The van der Waals surface area contributed by atoms with E-state index in [0.29, 0.717) is 0 Å². The Morgan fingerprint density at radius 2 is 1.93 bits per heavy atom. The first kappa shape index (κ1) is 10.2. The fourth-order valence-corrected chi connectivity index (χ4v) is 2.70. The standard InChI is InChI=1S/C11H14O4/c1-2-15-11(14)9-7-4-3-6(5-7)8(9)10(12)13/h3-4,6-9H,2,5H2,1H3,(H,12,13)/p-1. The molecule has 4 nitrogen and oxygen atoms in total. The highest BCUT2D eigenvalue weighted by Crippen LogP contribution is 2.48. The van der Waals surface area contributed by atoms with Crippen LogP contribution in [0.25, 0.3) is 0 Å². The van der Waals surface area contributed by atoms with Gasteiger partial charge in [0.05, 0.1) is 12.5 Å². The van der Waals surface area contributed by atoms with Gasteiger partial charge in [-0.3, -0.25) is 4.79 Å². The van der Waals surface area contributed by atoms with Gasteiger partial charge in [-0.25, -0.2) is 0 Å². The van der Waals surface area contributed by atoms with Gasteiger partial charge in [-0.05, 0) is 25.2 Å². The molecule has 1 fully saturated rings. The summed E-state index contributed by atoms with van der Waals surface area (Å²) in [5, 5.41) is 11.0. The number of carboxylic acid groups (broad SMARTS) is 1. The molecule has 2 aliphatic rings. The summed E-state index contributed by atoms with van der Waals surface area (Å²) in [6.45, 7) is 2.01. The van der Waals surface area contributed by atoms with Gasteiger partial charge >= 0.3 is 5.97 Å². The van der Waals surface area contributed by atoms with E-state index in [2.05, 4.69) is 0 Å². The third kappa shape index (κ3) is 1.54. The van der Waals surface area contributed by atoms with Gasteiger partial charge in [0.15, 0.2) is 0 Å². The molecule has 0 aromatic heterocycles. The summed E-state index contributed by atoms with van der Waals surface area (Å²) >= 11 is 0. The summed E-state index contributed by atoms with van der Waals surface area (Å²) in [6, 6.07) is 0. The number of carbonyl (C=O) groups is 2. The summed E-state index contributed by atoms with van der Waals surface area (Å²) < 4.78 is 4.89. The fraction of sp³-hybridized carbons (Fsp3) is 0.636. The normalized spacial score (nSPS) is 36.9. The first-order valence-corrected chi connectivity index (χ1v) is 5.21. The zero-order chi connectivity index (χ0) is 11.0. The molecule has 0 amide bonds. The van der Waals surface area contributed by atoms with Gasteiger partial charge in [0.25, 0.3) is 0 Å². The van der Waals surface area contributed by atoms with Crippen LogP contribution in [0, 0.1) is 23.7 Å². The molecule has 0 aromatic rings. The smallest absolute Gasteiger partial charge is 0.310 e. The lowest BCUT2D eigenvalue weighted by Gasteiger charge is -2.26. The number of rotatable bonds is 3. The van der Waals surface area contributed by atoms with Gasteiger partial charge in [-0.15, -0.1) is 0 Å². The molecule has 0 saturated heterocycles. The summed E-state index contributed by atoms with van der Waals surface area (Å²) in [4.78, 5) is 22.6. The van der Waals surface area contributed by atoms with E-state index < -0.39 is 23.8 Å². The van der Waals surface area contributed by atoms with Crippen LogP contribution < -0.4 is 5.11 Å². The molecule has 2 aliphatic carbocycles. The SMILES string of the molecule is CCOC(=O)C1C2C=CC(C2)C1C(=O)[O-]. The molecule has 0 radical (unpaired) electrons. The van der Waals surface area contributed by atoms with E-state index in [1.54, 1.807) is 6.92 Å². The molecule has 82 valence electrons. The Morgan fingerprint density at radius 3 is 2.47 bits per heavy atom. The first-order valence-electron chi connectivity index (χ1n) is 5.21. The van der Waals surface area contributed by atoms with Crippen molar-refractivity contribution >= 4 is 11.9 Å². The van der Waals surface area contributed by atoms with Crippen LogP contribution in [0.5, 0.6) is 0 Å². The molecule has 0 heterocycles. The van der Waals surface area contributed by atoms with Crippen molar-refractivity contribution < 1.29 is 19.4 Å². The number of ether oxygens (including phenoxy) is 1. The average molecular weight is 209 g/mol. The second-order valence-corrected chi connectivity index (χ2v) is 4.07. The second-order valence-electron chi connectivity index (χ2n) is 4.07. The topological polar surface area (TPSA) is 66.4 Å². The third-order valence-electron chi connectivity index (χ3n) is 3.29. The maximum atomic E-state index is 11.6. The molecular weight excluding hydrogens is 196 g/mol. The highest BCUT2D eigenvalue weighted by atomic mass is 16.5. The lowest BCUT2D eigenvalue weighted by atomic mass is 9.83. The molecule has 2 bridgehead atoms. The molecule has 4 atom stereocenters. The van der Waals surface area contributed by atoms with E-state index in [-0.39, 0.29) is 18.4 Å². The number of hydrogen-bond acceptors (Lipinski definition) is 4. The molecular formula is C11H13O4-. The lowest BCUT2D eigenvalue weighted by Crippen LogP contribution is -2.41. The van der Waals surface area contributed by atoms with Crippen LogP contribution in [-0.2, 0) is 14.3 Å². The van der Waals surface area contributed by atoms with Crippen molar-refractivity contribution in [2.24, 2.45) is 23.7 Å². The molecule has 0 aromatic carbocycles. The number of aliphatic carboxylic acids is 1. The Kier molecular flexibility index (Phi) is 2.50. The lowest BCUT2D eigenvalue weighted by molar-refractivity contribution is -0.314. The van der Waals surface area contributed by atoms with E-state index >= 15 is 0 Å². The van der Waals surface area contributed by atoms with Crippen LogP contribution in [0.4, 0.5) is 0 Å². The minimum atomic E-state index is -1.13. The summed E-state index contributed by atoms with van der Waals surface area (Å²) in [6.07, 6.45) is 4.54. The van der Waals surface area contributed by atoms with Gasteiger partial charge in [0.1, 0.15) is 0 Å². The quantitative estimate of drug-likeness (QED) is 0.474. The number of esters is 1. The van der Waals surface area contributed by atoms with Crippen LogP contribution in [0.1, 0.15) is 13.3 Å². The van der Waals surface area contributed by atoms with Crippen molar-refractivity contribution in [1.29, 1.82) is 0 Å². The van der Waals surface area contributed by atoms with Crippen LogP contribution in [0.3, 0.4) is 0 Å². The van der Waals surface area contributed by atoms with Crippen molar-refractivity contribution in [2.75, 3.05) is 6.61 Å². The maximum absolute atomic E-state index is 11.6. The summed E-state index contributed by atoms with van der Waals surface area (Å²) in [5.41, 5.74) is 0. The van der Waals surface area contributed by atoms with Crippen molar-refractivity contribution in [1.82, 2.24) is 0 Å². The van der Waals surface area contributed by atoms with Gasteiger partial charge < -0.3 is 14.6 Å². The zero-order valence-electron chi connectivity index (χ0n) is 8.51. The first-order chi connectivity index (χ1) is 7.15. The van der Waals surface area contributed by atoms with Crippen LogP contribution in [0.15, 0.2) is 12.2 Å². The third-order valence-corrected chi connectivity index (χ3v) is 3.29. The number of hydrogen-bond donors (Lipinski definition) is 0. The molecule has 4 unspecified atom stereocenters. The van der Waals surface area contributed by atoms with E-state index in [0.717, 1.165) is 6.42 Å². The predicted molar refractivity (Wildman–Crippen MR) is 49.4 cm³/mol. The highest BCUT2D eigenvalue weighted by Gasteiger charge is 2.49. The van der Waals surface area contributed by atoms with Gasteiger partial charge in [-0.2, -0.15) is 0 Å². The van der Waals surface area contributed by atoms with E-state index in [9.17, 15) is 14.7 Å². The van der Waals surface area contributed by atoms with E-state index in [1.165, 1.54) is 0 Å². The number of carboxylic acids is 1. The van der Waals surface area contributed by atoms with Gasteiger partial charge in [-0.1, -0.05) is 12.2 Å². The molecule has 2 rings (SSSR count). The minimum absolute atomic E-state index is 0.0250. The predicted octanol–water partition coefficient (Wildman–Crippen LogP) is -0.262. The molecule has 15 heavy (non-hydrogen) atoms.